The fourth-order valence-corrected chi connectivity index (χ4v) is 2.15. The highest BCUT2D eigenvalue weighted by atomic mass is 16.1. The first kappa shape index (κ1) is 12.1. The van der Waals surface area contributed by atoms with Crippen molar-refractivity contribution in [3.8, 4) is 0 Å². The number of unbranched alkanes of at least 4 members (excludes halogenated alkanes) is 1. The van der Waals surface area contributed by atoms with E-state index in [4.69, 9.17) is 0 Å². The molecule has 1 aliphatic rings. The van der Waals surface area contributed by atoms with Crippen LogP contribution in [0.2, 0.25) is 0 Å². The first-order valence-corrected chi connectivity index (χ1v) is 6.38. The summed E-state index contributed by atoms with van der Waals surface area (Å²) in [5.41, 5.74) is 1.41. The number of carbonyl (C=O) groups is 1. The number of rotatable bonds is 6. The molecule has 0 saturated carbocycles. The van der Waals surface area contributed by atoms with Gasteiger partial charge in [-0.3, -0.25) is 4.79 Å². The summed E-state index contributed by atoms with van der Waals surface area (Å²) in [5, 5.41) is 6.25. The van der Waals surface area contributed by atoms with E-state index < -0.39 is 0 Å². The van der Waals surface area contributed by atoms with Gasteiger partial charge in [-0.1, -0.05) is 30.3 Å². The summed E-state index contributed by atoms with van der Waals surface area (Å²) in [4.78, 5) is 11.0. The summed E-state index contributed by atoms with van der Waals surface area (Å²) in [5.74, 6) is 0.173. The van der Waals surface area contributed by atoms with Crippen molar-refractivity contribution in [1.82, 2.24) is 10.6 Å². The van der Waals surface area contributed by atoms with Gasteiger partial charge in [-0.25, -0.2) is 0 Å². The minimum Gasteiger partial charge on any atom is -0.354 e. The topological polar surface area (TPSA) is 41.1 Å². The SMILES string of the molecule is O=C1CC(NCCCCc2ccccc2)CN1. The van der Waals surface area contributed by atoms with Crippen LogP contribution in [0.5, 0.6) is 0 Å². The average Bonchev–Trinajstić information content (AvgIpc) is 2.76. The van der Waals surface area contributed by atoms with Gasteiger partial charge in [0.25, 0.3) is 0 Å². The molecule has 1 fully saturated rings. The molecule has 0 aromatic heterocycles. The Morgan fingerprint density at radius 2 is 2.06 bits per heavy atom. The van der Waals surface area contributed by atoms with Crippen LogP contribution >= 0.6 is 0 Å². The monoisotopic (exact) mass is 232 g/mol. The number of amides is 1. The van der Waals surface area contributed by atoms with Gasteiger partial charge in [0.1, 0.15) is 0 Å². The summed E-state index contributed by atoms with van der Waals surface area (Å²) in [6, 6.07) is 10.9. The summed E-state index contributed by atoms with van der Waals surface area (Å²) < 4.78 is 0. The van der Waals surface area contributed by atoms with Crippen molar-refractivity contribution in [2.24, 2.45) is 0 Å². The Labute approximate surface area is 103 Å². The van der Waals surface area contributed by atoms with E-state index in [0.717, 1.165) is 19.5 Å². The Balaban J connectivity index is 1.53. The lowest BCUT2D eigenvalue weighted by molar-refractivity contribution is -0.119. The van der Waals surface area contributed by atoms with Crippen LogP contribution < -0.4 is 10.6 Å². The Bertz CT molecular complexity index is 350. The van der Waals surface area contributed by atoms with E-state index in [0.29, 0.717) is 12.5 Å². The summed E-state index contributed by atoms with van der Waals surface area (Å²) >= 11 is 0. The van der Waals surface area contributed by atoms with Gasteiger partial charge in [-0.05, 0) is 31.4 Å². The Hall–Kier alpha value is -1.35. The molecule has 3 nitrogen and oxygen atoms in total. The molecule has 17 heavy (non-hydrogen) atoms. The van der Waals surface area contributed by atoms with Crippen LogP contribution in [-0.4, -0.2) is 25.0 Å². The van der Waals surface area contributed by atoms with Gasteiger partial charge in [0.2, 0.25) is 5.91 Å². The van der Waals surface area contributed by atoms with E-state index in [1.807, 2.05) is 0 Å². The molecule has 2 N–H and O–H groups in total. The number of hydrogen-bond donors (Lipinski definition) is 2. The van der Waals surface area contributed by atoms with Gasteiger partial charge in [-0.15, -0.1) is 0 Å². The zero-order valence-electron chi connectivity index (χ0n) is 10.1. The average molecular weight is 232 g/mol. The fourth-order valence-electron chi connectivity index (χ4n) is 2.15. The van der Waals surface area contributed by atoms with Crippen LogP contribution in [0.25, 0.3) is 0 Å². The van der Waals surface area contributed by atoms with E-state index in [2.05, 4.69) is 41.0 Å². The lowest BCUT2D eigenvalue weighted by Crippen LogP contribution is -2.31. The van der Waals surface area contributed by atoms with Crippen molar-refractivity contribution in [2.75, 3.05) is 13.1 Å². The van der Waals surface area contributed by atoms with Gasteiger partial charge in [-0.2, -0.15) is 0 Å². The predicted octanol–water partition coefficient (Wildman–Crippen LogP) is 1.49. The maximum Gasteiger partial charge on any atom is 0.221 e. The fraction of sp³-hybridized carbons (Fsp3) is 0.500. The van der Waals surface area contributed by atoms with Gasteiger partial charge >= 0.3 is 0 Å². The lowest BCUT2D eigenvalue weighted by Gasteiger charge is -2.09. The number of hydrogen-bond acceptors (Lipinski definition) is 2. The molecule has 1 aromatic carbocycles. The van der Waals surface area contributed by atoms with Crippen LogP contribution in [0.1, 0.15) is 24.8 Å². The molecule has 0 aliphatic carbocycles. The van der Waals surface area contributed by atoms with Crippen molar-refractivity contribution < 1.29 is 4.79 Å². The molecule has 1 amide bonds. The first-order chi connectivity index (χ1) is 8.34. The van der Waals surface area contributed by atoms with Crippen LogP contribution in [0.4, 0.5) is 0 Å². The highest BCUT2D eigenvalue weighted by Crippen LogP contribution is 2.04. The number of benzene rings is 1. The third-order valence-corrected chi connectivity index (χ3v) is 3.15. The highest BCUT2D eigenvalue weighted by Gasteiger charge is 2.19. The van der Waals surface area contributed by atoms with E-state index in [1.165, 1.54) is 18.4 Å². The van der Waals surface area contributed by atoms with E-state index >= 15 is 0 Å². The quantitative estimate of drug-likeness (QED) is 0.730. The van der Waals surface area contributed by atoms with Crippen LogP contribution in [0.15, 0.2) is 30.3 Å². The molecular weight excluding hydrogens is 212 g/mol. The zero-order valence-corrected chi connectivity index (χ0v) is 10.1. The summed E-state index contributed by atoms with van der Waals surface area (Å²) in [6.45, 7) is 1.80. The maximum absolute atomic E-state index is 11.0. The smallest absolute Gasteiger partial charge is 0.221 e. The molecule has 0 spiro atoms. The normalized spacial score (nSPS) is 19.3. The summed E-state index contributed by atoms with van der Waals surface area (Å²) in [6.07, 6.45) is 4.15. The Morgan fingerprint density at radius 3 is 2.76 bits per heavy atom. The van der Waals surface area contributed by atoms with E-state index in [1.54, 1.807) is 0 Å². The predicted molar refractivity (Wildman–Crippen MR) is 68.8 cm³/mol. The second-order valence-corrected chi connectivity index (χ2v) is 4.60. The van der Waals surface area contributed by atoms with Gasteiger partial charge in [0.05, 0.1) is 0 Å². The van der Waals surface area contributed by atoms with Crippen molar-refractivity contribution in [3.63, 3.8) is 0 Å². The molecular formula is C14H20N2O. The molecule has 1 aromatic rings. The van der Waals surface area contributed by atoms with Crippen LogP contribution in [0.3, 0.4) is 0 Å². The van der Waals surface area contributed by atoms with Crippen LogP contribution in [-0.2, 0) is 11.2 Å². The molecule has 0 bridgehead atoms. The molecule has 0 radical (unpaired) electrons. The number of aryl methyl sites for hydroxylation is 1. The minimum absolute atomic E-state index is 0.173. The molecule has 1 atom stereocenters. The maximum atomic E-state index is 11.0. The van der Waals surface area contributed by atoms with Crippen molar-refractivity contribution in [1.29, 1.82) is 0 Å². The first-order valence-electron chi connectivity index (χ1n) is 6.38. The largest absolute Gasteiger partial charge is 0.354 e. The second-order valence-electron chi connectivity index (χ2n) is 4.60. The van der Waals surface area contributed by atoms with Crippen molar-refractivity contribution in [2.45, 2.75) is 31.7 Å². The van der Waals surface area contributed by atoms with Gasteiger partial charge in [0, 0.05) is 19.0 Å². The molecule has 1 aliphatic heterocycles. The van der Waals surface area contributed by atoms with Crippen molar-refractivity contribution in [3.05, 3.63) is 35.9 Å². The molecule has 1 saturated heterocycles. The highest BCUT2D eigenvalue weighted by molar-refractivity contribution is 5.78. The molecule has 1 unspecified atom stereocenters. The van der Waals surface area contributed by atoms with E-state index in [9.17, 15) is 4.79 Å². The molecule has 2 rings (SSSR count). The molecule has 1 heterocycles. The number of carbonyl (C=O) groups excluding carboxylic acids is 1. The third-order valence-electron chi connectivity index (χ3n) is 3.15. The third kappa shape index (κ3) is 4.19. The Kier molecular flexibility index (Phi) is 4.56. The minimum atomic E-state index is 0.173. The standard InChI is InChI=1S/C14H20N2O/c17-14-10-13(11-16-14)15-9-5-4-8-12-6-2-1-3-7-12/h1-3,6-7,13,15H,4-5,8-11H2,(H,16,17). The van der Waals surface area contributed by atoms with Crippen LogP contribution in [0, 0.1) is 0 Å². The van der Waals surface area contributed by atoms with Gasteiger partial charge in [0.15, 0.2) is 0 Å². The molecule has 3 heteroatoms. The lowest BCUT2D eigenvalue weighted by atomic mass is 10.1. The van der Waals surface area contributed by atoms with E-state index in [-0.39, 0.29) is 5.91 Å². The van der Waals surface area contributed by atoms with Gasteiger partial charge < -0.3 is 10.6 Å². The zero-order chi connectivity index (χ0) is 11.9. The Morgan fingerprint density at radius 1 is 1.24 bits per heavy atom. The summed E-state index contributed by atoms with van der Waals surface area (Å²) in [7, 11) is 0. The second kappa shape index (κ2) is 6.40. The molecule has 92 valence electrons. The number of nitrogens with one attached hydrogen (secondary N) is 2. The van der Waals surface area contributed by atoms with Crippen molar-refractivity contribution >= 4 is 5.91 Å².